The van der Waals surface area contributed by atoms with E-state index in [1.54, 1.807) is 51.3 Å². The number of nitrogens with one attached hydrogen (secondary N) is 1. The van der Waals surface area contributed by atoms with Crippen molar-refractivity contribution >= 4 is 50.7 Å². The number of methoxy groups -OCH3 is 1. The largest absolute Gasteiger partial charge is 0.497 e. The van der Waals surface area contributed by atoms with E-state index in [1.807, 2.05) is 0 Å². The van der Waals surface area contributed by atoms with Crippen LogP contribution in [-0.4, -0.2) is 57.6 Å². The van der Waals surface area contributed by atoms with Crippen LogP contribution in [0.2, 0.25) is 10.0 Å². The molecule has 0 bridgehead atoms. The summed E-state index contributed by atoms with van der Waals surface area (Å²) in [5, 5.41) is 2.86. The third-order valence-electron chi connectivity index (χ3n) is 4.91. The lowest BCUT2D eigenvalue weighted by Crippen LogP contribution is -2.51. The van der Waals surface area contributed by atoms with Crippen LogP contribution in [0.4, 0.5) is 5.69 Å². The number of sulfonamides is 1. The molecule has 11 heteroatoms. The number of benzene rings is 2. The van der Waals surface area contributed by atoms with E-state index in [0.29, 0.717) is 12.3 Å². The van der Waals surface area contributed by atoms with Gasteiger partial charge in [0.2, 0.25) is 21.8 Å². The van der Waals surface area contributed by atoms with Crippen LogP contribution in [-0.2, 0) is 26.2 Å². The molecule has 0 aliphatic heterocycles. The molecule has 2 amide bonds. The second kappa shape index (κ2) is 11.6. The molecule has 1 unspecified atom stereocenters. The van der Waals surface area contributed by atoms with E-state index in [4.69, 9.17) is 27.9 Å². The van der Waals surface area contributed by atoms with Gasteiger partial charge in [-0.05, 0) is 43.7 Å². The van der Waals surface area contributed by atoms with Crippen molar-refractivity contribution in [3.8, 4) is 5.75 Å². The predicted octanol–water partition coefficient (Wildman–Crippen LogP) is 3.32. The minimum atomic E-state index is -3.90. The third kappa shape index (κ3) is 6.99. The first kappa shape index (κ1) is 26.8. The molecule has 2 aromatic rings. The number of carbonyl (C=O) groups excluding carboxylic acids is 2. The fourth-order valence-electron chi connectivity index (χ4n) is 3.11. The van der Waals surface area contributed by atoms with Gasteiger partial charge in [-0.25, -0.2) is 8.42 Å². The smallest absolute Gasteiger partial charge is 0.244 e. The van der Waals surface area contributed by atoms with Crippen LogP contribution in [0.15, 0.2) is 42.5 Å². The number of hydrogen-bond acceptors (Lipinski definition) is 5. The van der Waals surface area contributed by atoms with Gasteiger partial charge in [0.1, 0.15) is 18.3 Å². The zero-order chi connectivity index (χ0) is 24.8. The van der Waals surface area contributed by atoms with Crippen molar-refractivity contribution < 1.29 is 22.7 Å². The maximum Gasteiger partial charge on any atom is 0.244 e. The second-order valence-electron chi connectivity index (χ2n) is 7.28. The minimum absolute atomic E-state index is 0.0101. The zero-order valence-electron chi connectivity index (χ0n) is 18.8. The summed E-state index contributed by atoms with van der Waals surface area (Å²) in [7, 11) is -2.35. The number of anilines is 1. The molecular formula is C22H27Cl2N3O5S. The Morgan fingerprint density at radius 3 is 2.30 bits per heavy atom. The van der Waals surface area contributed by atoms with Crippen LogP contribution in [0.5, 0.6) is 5.75 Å². The molecule has 1 atom stereocenters. The van der Waals surface area contributed by atoms with Crippen LogP contribution in [0.25, 0.3) is 0 Å². The lowest BCUT2D eigenvalue weighted by molar-refractivity contribution is -0.139. The average Bonchev–Trinajstić information content (AvgIpc) is 2.77. The van der Waals surface area contributed by atoms with E-state index in [9.17, 15) is 18.0 Å². The van der Waals surface area contributed by atoms with Crippen LogP contribution in [0.3, 0.4) is 0 Å². The molecule has 0 fully saturated rings. The summed E-state index contributed by atoms with van der Waals surface area (Å²) in [6, 6.07) is 10.7. The summed E-state index contributed by atoms with van der Waals surface area (Å²) in [6.45, 7) is 3.28. The van der Waals surface area contributed by atoms with E-state index in [-0.39, 0.29) is 28.2 Å². The fraction of sp³-hybridized carbons (Fsp3) is 0.364. The Kier molecular flexibility index (Phi) is 9.39. The van der Waals surface area contributed by atoms with Gasteiger partial charge in [0.25, 0.3) is 0 Å². The Morgan fingerprint density at radius 1 is 1.12 bits per heavy atom. The number of halogens is 2. The number of rotatable bonds is 10. The zero-order valence-corrected chi connectivity index (χ0v) is 21.2. The van der Waals surface area contributed by atoms with Crippen LogP contribution >= 0.6 is 23.2 Å². The van der Waals surface area contributed by atoms with Gasteiger partial charge < -0.3 is 15.0 Å². The summed E-state index contributed by atoms with van der Waals surface area (Å²) in [5.41, 5.74) is 0.821. The molecule has 0 aromatic heterocycles. The SMILES string of the molecule is CCNC(=O)C(C)N(Cc1ccc(OC)cc1)C(=O)CN(c1cccc(Cl)c1Cl)S(C)(=O)=O. The van der Waals surface area contributed by atoms with E-state index in [1.165, 1.54) is 17.0 Å². The first-order valence-corrected chi connectivity index (χ1v) is 12.7. The third-order valence-corrected chi connectivity index (χ3v) is 6.84. The van der Waals surface area contributed by atoms with Gasteiger partial charge in [-0.1, -0.05) is 41.4 Å². The Labute approximate surface area is 204 Å². The Morgan fingerprint density at radius 2 is 1.76 bits per heavy atom. The van der Waals surface area contributed by atoms with Gasteiger partial charge in [-0.2, -0.15) is 0 Å². The molecule has 0 spiro atoms. The van der Waals surface area contributed by atoms with Gasteiger partial charge in [0.05, 0.1) is 29.1 Å². The van der Waals surface area contributed by atoms with Crippen molar-refractivity contribution in [3.05, 3.63) is 58.1 Å². The molecular weight excluding hydrogens is 489 g/mol. The molecule has 0 radical (unpaired) electrons. The number of likely N-dealkylation sites (N-methyl/N-ethyl adjacent to an activating group) is 1. The van der Waals surface area contributed by atoms with Crippen molar-refractivity contribution in [2.75, 3.05) is 30.8 Å². The average molecular weight is 516 g/mol. The lowest BCUT2D eigenvalue weighted by atomic mass is 10.1. The maximum absolute atomic E-state index is 13.4. The van der Waals surface area contributed by atoms with Crippen LogP contribution < -0.4 is 14.4 Å². The van der Waals surface area contributed by atoms with Crippen molar-refractivity contribution in [1.82, 2.24) is 10.2 Å². The molecule has 0 saturated heterocycles. The topological polar surface area (TPSA) is 96.0 Å². The molecule has 0 aliphatic carbocycles. The molecule has 2 aromatic carbocycles. The first-order valence-electron chi connectivity index (χ1n) is 10.1. The van der Waals surface area contributed by atoms with Gasteiger partial charge in [0, 0.05) is 13.1 Å². The summed E-state index contributed by atoms with van der Waals surface area (Å²) in [4.78, 5) is 27.2. The van der Waals surface area contributed by atoms with Crippen molar-refractivity contribution in [3.63, 3.8) is 0 Å². The molecule has 0 heterocycles. The van der Waals surface area contributed by atoms with E-state index in [0.717, 1.165) is 16.1 Å². The Hall–Kier alpha value is -2.49. The molecule has 0 saturated carbocycles. The van der Waals surface area contributed by atoms with Gasteiger partial charge in [-0.3, -0.25) is 13.9 Å². The first-order chi connectivity index (χ1) is 15.5. The number of ether oxygens (including phenoxy) is 1. The van der Waals surface area contributed by atoms with Crippen molar-refractivity contribution in [2.45, 2.75) is 26.4 Å². The van der Waals surface area contributed by atoms with E-state index in [2.05, 4.69) is 5.32 Å². The van der Waals surface area contributed by atoms with Crippen molar-refractivity contribution in [2.24, 2.45) is 0 Å². The summed E-state index contributed by atoms with van der Waals surface area (Å²) in [6.07, 6.45) is 0.971. The highest BCUT2D eigenvalue weighted by atomic mass is 35.5. The fourth-order valence-corrected chi connectivity index (χ4v) is 4.41. The minimum Gasteiger partial charge on any atom is -0.497 e. The highest BCUT2D eigenvalue weighted by molar-refractivity contribution is 7.92. The van der Waals surface area contributed by atoms with Crippen LogP contribution in [0, 0.1) is 0 Å². The summed E-state index contributed by atoms with van der Waals surface area (Å²) >= 11 is 12.3. The molecule has 2 rings (SSSR count). The molecule has 33 heavy (non-hydrogen) atoms. The number of amides is 2. The van der Waals surface area contributed by atoms with E-state index >= 15 is 0 Å². The monoisotopic (exact) mass is 515 g/mol. The maximum atomic E-state index is 13.4. The number of nitrogens with zero attached hydrogens (tertiary/aromatic N) is 2. The quantitative estimate of drug-likeness (QED) is 0.523. The molecule has 1 N–H and O–H groups in total. The number of carbonyl (C=O) groups is 2. The highest BCUT2D eigenvalue weighted by Gasteiger charge is 2.30. The Bertz CT molecular complexity index is 1090. The second-order valence-corrected chi connectivity index (χ2v) is 9.97. The van der Waals surface area contributed by atoms with Gasteiger partial charge in [-0.15, -0.1) is 0 Å². The lowest BCUT2D eigenvalue weighted by Gasteiger charge is -2.31. The van der Waals surface area contributed by atoms with Crippen LogP contribution in [0.1, 0.15) is 19.4 Å². The molecule has 8 nitrogen and oxygen atoms in total. The van der Waals surface area contributed by atoms with E-state index < -0.39 is 28.5 Å². The van der Waals surface area contributed by atoms with Crippen molar-refractivity contribution in [1.29, 1.82) is 0 Å². The predicted molar refractivity (Wildman–Crippen MR) is 130 cm³/mol. The number of hydrogen-bond donors (Lipinski definition) is 1. The summed E-state index contributed by atoms with van der Waals surface area (Å²) in [5.74, 6) is -0.288. The molecule has 0 aliphatic rings. The molecule has 180 valence electrons. The highest BCUT2D eigenvalue weighted by Crippen LogP contribution is 2.33. The standard InChI is InChI=1S/C22H27Cl2N3O5S/c1-5-25-22(29)15(2)26(13-16-9-11-17(32-3)12-10-16)20(28)14-27(33(4,30)31)19-8-6-7-18(23)21(19)24/h6-12,15H,5,13-14H2,1-4H3,(H,25,29). The van der Waals surface area contributed by atoms with Gasteiger partial charge in [0.15, 0.2) is 0 Å². The van der Waals surface area contributed by atoms with Gasteiger partial charge >= 0.3 is 0 Å². The normalized spacial score (nSPS) is 12.1. The Balaban J connectivity index is 2.41. The summed E-state index contributed by atoms with van der Waals surface area (Å²) < 4.78 is 31.1.